The van der Waals surface area contributed by atoms with E-state index in [1.165, 1.54) is 16.9 Å². The molecule has 30 heavy (non-hydrogen) atoms. The molecule has 2 unspecified atom stereocenters. The zero-order valence-electron chi connectivity index (χ0n) is 17.4. The van der Waals surface area contributed by atoms with E-state index in [2.05, 4.69) is 13.0 Å². The maximum atomic E-state index is 13.7. The molecule has 0 aliphatic heterocycles. The highest BCUT2D eigenvalue weighted by molar-refractivity contribution is 7.12. The van der Waals surface area contributed by atoms with Crippen molar-refractivity contribution in [1.29, 1.82) is 0 Å². The Bertz CT molecular complexity index is 892. The second kappa shape index (κ2) is 10.1. The van der Waals surface area contributed by atoms with E-state index in [4.69, 9.17) is 17.3 Å². The number of halogens is 1. The summed E-state index contributed by atoms with van der Waals surface area (Å²) in [5.74, 6) is -0.650. The van der Waals surface area contributed by atoms with E-state index in [0.717, 1.165) is 37.1 Å². The highest BCUT2D eigenvalue weighted by atomic mass is 35.5. The summed E-state index contributed by atoms with van der Waals surface area (Å²) >= 11 is 7.31. The van der Waals surface area contributed by atoms with Crippen LogP contribution in [-0.4, -0.2) is 23.4 Å². The lowest BCUT2D eigenvalue weighted by molar-refractivity contribution is -0.128. The third-order valence-corrected chi connectivity index (χ3v) is 7.47. The van der Waals surface area contributed by atoms with Crippen molar-refractivity contribution in [2.75, 3.05) is 6.54 Å². The van der Waals surface area contributed by atoms with Gasteiger partial charge in [0, 0.05) is 10.9 Å². The van der Waals surface area contributed by atoms with Gasteiger partial charge >= 0.3 is 5.97 Å². The van der Waals surface area contributed by atoms with Crippen LogP contribution in [-0.2, 0) is 16.6 Å². The van der Waals surface area contributed by atoms with Gasteiger partial charge in [-0.15, -0.1) is 11.3 Å². The molecule has 0 amide bonds. The van der Waals surface area contributed by atoms with Crippen LogP contribution < -0.4 is 5.73 Å². The zero-order chi connectivity index (χ0) is 21.7. The smallest absolute Gasteiger partial charge is 0.346 e. The molecule has 1 aliphatic rings. The molecule has 1 fully saturated rings. The summed E-state index contributed by atoms with van der Waals surface area (Å²) in [5.41, 5.74) is 6.93. The molecular formula is C24H30ClNO3S. The topological polar surface area (TPSA) is 80.4 Å². The van der Waals surface area contributed by atoms with Gasteiger partial charge in [0.15, 0.2) is 0 Å². The normalized spacial score (nSPS) is 16.8. The van der Waals surface area contributed by atoms with Crippen LogP contribution in [0.25, 0.3) is 0 Å². The largest absolute Gasteiger partial charge is 0.477 e. The van der Waals surface area contributed by atoms with Crippen molar-refractivity contribution in [3.8, 4) is 0 Å². The highest BCUT2D eigenvalue weighted by Gasteiger charge is 2.51. The van der Waals surface area contributed by atoms with Gasteiger partial charge in [-0.25, -0.2) is 4.79 Å². The number of hydrogen-bond acceptors (Lipinski definition) is 4. The Morgan fingerprint density at radius 1 is 1.30 bits per heavy atom. The van der Waals surface area contributed by atoms with Gasteiger partial charge in [-0.3, -0.25) is 4.79 Å². The molecule has 4 nitrogen and oxygen atoms in total. The van der Waals surface area contributed by atoms with Crippen molar-refractivity contribution in [3.63, 3.8) is 0 Å². The van der Waals surface area contributed by atoms with Gasteiger partial charge in [0.05, 0.1) is 5.41 Å². The molecule has 2 atom stereocenters. The fourth-order valence-corrected chi connectivity index (χ4v) is 5.64. The molecule has 1 aromatic heterocycles. The first-order valence-corrected chi connectivity index (χ1v) is 12.0. The van der Waals surface area contributed by atoms with Gasteiger partial charge in [-0.2, -0.15) is 0 Å². The maximum Gasteiger partial charge on any atom is 0.346 e. The van der Waals surface area contributed by atoms with E-state index >= 15 is 0 Å². The number of carboxylic acids is 1. The fourth-order valence-electron chi connectivity index (χ4n) is 4.61. The van der Waals surface area contributed by atoms with E-state index in [0.29, 0.717) is 29.8 Å². The molecule has 0 bridgehead atoms. The van der Waals surface area contributed by atoms with Crippen LogP contribution in [0.3, 0.4) is 0 Å². The van der Waals surface area contributed by atoms with Crippen molar-refractivity contribution >= 4 is 34.7 Å². The number of benzene rings is 1. The van der Waals surface area contributed by atoms with Gasteiger partial charge in [0.25, 0.3) is 0 Å². The number of nitrogens with two attached hydrogens (primary N) is 1. The van der Waals surface area contributed by atoms with Crippen molar-refractivity contribution in [2.24, 2.45) is 17.6 Å². The predicted molar refractivity (Wildman–Crippen MR) is 123 cm³/mol. The van der Waals surface area contributed by atoms with Crippen molar-refractivity contribution in [1.82, 2.24) is 0 Å². The van der Waals surface area contributed by atoms with Crippen LogP contribution >= 0.6 is 22.9 Å². The Kier molecular flexibility index (Phi) is 7.72. The molecule has 1 saturated carbocycles. The summed E-state index contributed by atoms with van der Waals surface area (Å²) in [7, 11) is 0. The monoisotopic (exact) mass is 447 g/mol. The van der Waals surface area contributed by atoms with Crippen LogP contribution in [0.5, 0.6) is 0 Å². The number of aromatic carboxylic acids is 1. The summed E-state index contributed by atoms with van der Waals surface area (Å²) in [5, 5.41) is 12.3. The van der Waals surface area contributed by atoms with Crippen LogP contribution in [0.1, 0.15) is 66.2 Å². The van der Waals surface area contributed by atoms with Crippen molar-refractivity contribution < 1.29 is 14.7 Å². The zero-order valence-corrected chi connectivity index (χ0v) is 19.0. The molecule has 1 heterocycles. The molecule has 0 radical (unpaired) electrons. The van der Waals surface area contributed by atoms with Crippen LogP contribution in [0, 0.1) is 11.8 Å². The minimum absolute atomic E-state index is 0.0315. The Labute approximate surface area is 187 Å². The highest BCUT2D eigenvalue weighted by Crippen LogP contribution is 2.49. The molecule has 2 aromatic rings. The number of aryl methyl sites for hydroxylation is 1. The Hall–Kier alpha value is -1.69. The molecular weight excluding hydrogens is 418 g/mol. The number of hydrogen-bond donors (Lipinski definition) is 2. The van der Waals surface area contributed by atoms with E-state index in [-0.39, 0.29) is 17.6 Å². The minimum Gasteiger partial charge on any atom is -0.477 e. The Morgan fingerprint density at radius 2 is 2.07 bits per heavy atom. The molecule has 6 heteroatoms. The van der Waals surface area contributed by atoms with Gasteiger partial charge < -0.3 is 10.8 Å². The quantitative estimate of drug-likeness (QED) is 0.436. The Morgan fingerprint density at radius 3 is 2.70 bits per heavy atom. The first-order valence-electron chi connectivity index (χ1n) is 10.7. The lowest BCUT2D eigenvalue weighted by atomic mass is 9.62. The number of carbonyl (C=O) groups is 2. The molecule has 0 saturated heterocycles. The van der Waals surface area contributed by atoms with Crippen LogP contribution in [0.2, 0.25) is 5.02 Å². The van der Waals surface area contributed by atoms with Gasteiger partial charge in [-0.05, 0) is 92.1 Å². The van der Waals surface area contributed by atoms with Crippen LogP contribution in [0.4, 0.5) is 0 Å². The lowest BCUT2D eigenvalue weighted by Crippen LogP contribution is -2.44. The van der Waals surface area contributed by atoms with E-state index in [1.807, 2.05) is 24.3 Å². The molecule has 0 spiro atoms. The summed E-state index contributed by atoms with van der Waals surface area (Å²) < 4.78 is 0. The number of Topliss-reactive ketones (excluding diaryl/α,β-unsaturated/α-hetero) is 1. The summed E-state index contributed by atoms with van der Waals surface area (Å²) in [4.78, 5) is 25.9. The number of thiophene rings is 1. The number of rotatable bonds is 12. The van der Waals surface area contributed by atoms with E-state index in [9.17, 15) is 14.7 Å². The van der Waals surface area contributed by atoms with E-state index in [1.54, 1.807) is 5.38 Å². The maximum absolute atomic E-state index is 13.7. The number of ketones is 1. The van der Waals surface area contributed by atoms with Gasteiger partial charge in [-0.1, -0.05) is 30.7 Å². The third-order valence-electron chi connectivity index (χ3n) is 6.34. The first-order chi connectivity index (χ1) is 14.4. The second-order valence-corrected chi connectivity index (χ2v) is 9.75. The third kappa shape index (κ3) is 4.96. The number of carboxylic acid groups (broad SMARTS) is 1. The van der Waals surface area contributed by atoms with Crippen molar-refractivity contribution in [2.45, 2.75) is 57.3 Å². The average Bonchev–Trinajstić information content (AvgIpc) is 3.45. The molecule has 3 rings (SSSR count). The molecule has 1 aliphatic carbocycles. The second-order valence-electron chi connectivity index (χ2n) is 8.39. The summed E-state index contributed by atoms with van der Waals surface area (Å²) in [6.07, 6.45) is 5.75. The summed E-state index contributed by atoms with van der Waals surface area (Å²) in [6.45, 7) is 2.60. The van der Waals surface area contributed by atoms with Gasteiger partial charge in [0.2, 0.25) is 0 Å². The van der Waals surface area contributed by atoms with Crippen LogP contribution in [0.15, 0.2) is 35.7 Å². The fraction of sp³-hybridized carbons (Fsp3) is 0.500. The SMILES string of the molecule is CC(CCCc1cccc(Cl)c1)C(CCCN)(C(=O)C1CC1)c1ccsc1C(=O)O. The molecule has 162 valence electrons. The molecule has 3 N–H and O–H groups in total. The molecule has 1 aromatic carbocycles. The standard InChI is InChI=1S/C24H30ClNO3S/c1-16(5-2-6-17-7-3-8-19(25)15-17)24(12-4-13-26,22(27)18-9-10-18)20-11-14-30-21(20)23(28)29/h3,7-8,11,14-16,18H,2,4-6,9-10,12-13,26H2,1H3,(H,28,29). The minimum atomic E-state index is -0.952. The first kappa shape index (κ1) is 23.0. The number of carbonyl (C=O) groups excluding carboxylic acids is 1. The predicted octanol–water partition coefficient (Wildman–Crippen LogP) is 5.71. The summed E-state index contributed by atoms with van der Waals surface area (Å²) in [6, 6.07) is 9.72. The average molecular weight is 448 g/mol. The van der Waals surface area contributed by atoms with Crippen molar-refractivity contribution in [3.05, 3.63) is 56.7 Å². The van der Waals surface area contributed by atoms with E-state index < -0.39 is 11.4 Å². The van der Waals surface area contributed by atoms with Gasteiger partial charge in [0.1, 0.15) is 10.7 Å². The Balaban J connectivity index is 1.89. The lowest BCUT2D eigenvalue weighted by Gasteiger charge is -2.39.